The second kappa shape index (κ2) is 5.89. The molecule has 0 aliphatic rings. The van der Waals surface area contributed by atoms with Gasteiger partial charge in [-0.05, 0) is 24.1 Å². The van der Waals surface area contributed by atoms with Gasteiger partial charge in [0, 0.05) is 11.8 Å². The predicted molar refractivity (Wildman–Crippen MR) is 72.3 cm³/mol. The van der Waals surface area contributed by atoms with E-state index in [9.17, 15) is 4.79 Å². The quantitative estimate of drug-likeness (QED) is 0.804. The summed E-state index contributed by atoms with van der Waals surface area (Å²) in [6, 6.07) is 5.77. The van der Waals surface area contributed by atoms with Crippen LogP contribution in [0.25, 0.3) is 0 Å². The van der Waals surface area contributed by atoms with Crippen LogP contribution >= 0.6 is 0 Å². The molecule has 0 spiro atoms. The average molecular weight is 250 g/mol. The highest BCUT2D eigenvalue weighted by molar-refractivity contribution is 5.83. The van der Waals surface area contributed by atoms with E-state index in [-0.39, 0.29) is 11.2 Å². The lowest BCUT2D eigenvalue weighted by Crippen LogP contribution is -2.20. The molecule has 3 nitrogen and oxygen atoms in total. The summed E-state index contributed by atoms with van der Waals surface area (Å²) in [6.07, 6.45) is 1.29. The molecule has 0 aromatic heterocycles. The van der Waals surface area contributed by atoms with Crippen molar-refractivity contribution in [2.75, 3.05) is 14.2 Å². The molecule has 0 atom stereocenters. The summed E-state index contributed by atoms with van der Waals surface area (Å²) < 4.78 is 10.4. The topological polar surface area (TPSA) is 35.5 Å². The second-order valence-corrected chi connectivity index (χ2v) is 5.36. The molecule has 0 aliphatic carbocycles. The first-order chi connectivity index (χ1) is 8.38. The molecule has 100 valence electrons. The van der Waals surface area contributed by atoms with Gasteiger partial charge in [0.05, 0.1) is 14.2 Å². The summed E-state index contributed by atoms with van der Waals surface area (Å²) in [7, 11) is 3.22. The van der Waals surface area contributed by atoms with Crippen molar-refractivity contribution in [2.45, 2.75) is 33.6 Å². The number of carbonyl (C=O) groups excluding carboxylic acids is 1. The van der Waals surface area contributed by atoms with E-state index in [4.69, 9.17) is 9.47 Å². The third-order valence-corrected chi connectivity index (χ3v) is 2.93. The van der Waals surface area contributed by atoms with Crippen LogP contribution in [-0.4, -0.2) is 20.0 Å². The monoisotopic (exact) mass is 250 g/mol. The SMILES string of the molecule is COc1ccc(CCC(=O)C(C)(C)C)cc1OC. The smallest absolute Gasteiger partial charge is 0.160 e. The van der Waals surface area contributed by atoms with Crippen LogP contribution in [0.3, 0.4) is 0 Å². The third-order valence-electron chi connectivity index (χ3n) is 2.93. The second-order valence-electron chi connectivity index (χ2n) is 5.36. The van der Waals surface area contributed by atoms with Crippen LogP contribution < -0.4 is 9.47 Å². The molecule has 0 saturated carbocycles. The Morgan fingerprint density at radius 3 is 2.22 bits per heavy atom. The van der Waals surface area contributed by atoms with Gasteiger partial charge in [0.1, 0.15) is 5.78 Å². The fraction of sp³-hybridized carbons (Fsp3) is 0.533. The number of benzene rings is 1. The lowest BCUT2D eigenvalue weighted by atomic mass is 9.87. The van der Waals surface area contributed by atoms with Gasteiger partial charge in [-0.15, -0.1) is 0 Å². The van der Waals surface area contributed by atoms with Crippen LogP contribution in [0.15, 0.2) is 18.2 Å². The molecule has 0 aliphatic heterocycles. The highest BCUT2D eigenvalue weighted by Crippen LogP contribution is 2.28. The van der Waals surface area contributed by atoms with Gasteiger partial charge in [-0.2, -0.15) is 0 Å². The number of Topliss-reactive ketones (excluding diaryl/α,β-unsaturated/α-hetero) is 1. The standard InChI is InChI=1S/C15H22O3/c1-15(2,3)14(16)9-7-11-6-8-12(17-4)13(10-11)18-5/h6,8,10H,7,9H2,1-5H3. The average Bonchev–Trinajstić information content (AvgIpc) is 2.34. The largest absolute Gasteiger partial charge is 0.493 e. The van der Waals surface area contributed by atoms with E-state index in [1.165, 1.54) is 0 Å². The van der Waals surface area contributed by atoms with E-state index in [0.717, 1.165) is 12.0 Å². The molecule has 0 amide bonds. The van der Waals surface area contributed by atoms with Gasteiger partial charge in [0.25, 0.3) is 0 Å². The number of ketones is 1. The van der Waals surface area contributed by atoms with Crippen molar-refractivity contribution in [1.82, 2.24) is 0 Å². The Hall–Kier alpha value is -1.51. The van der Waals surface area contributed by atoms with E-state index < -0.39 is 0 Å². The first-order valence-electron chi connectivity index (χ1n) is 6.12. The molecule has 0 fully saturated rings. The van der Waals surface area contributed by atoms with Crippen LogP contribution in [0.2, 0.25) is 0 Å². The zero-order valence-electron chi connectivity index (χ0n) is 11.9. The van der Waals surface area contributed by atoms with Crippen LogP contribution in [0.1, 0.15) is 32.8 Å². The predicted octanol–water partition coefficient (Wildman–Crippen LogP) is 3.25. The first-order valence-corrected chi connectivity index (χ1v) is 6.12. The van der Waals surface area contributed by atoms with Crippen molar-refractivity contribution in [2.24, 2.45) is 5.41 Å². The number of aryl methyl sites for hydroxylation is 1. The normalized spacial score (nSPS) is 11.2. The van der Waals surface area contributed by atoms with Gasteiger partial charge < -0.3 is 9.47 Å². The van der Waals surface area contributed by atoms with Gasteiger partial charge in [0.15, 0.2) is 11.5 Å². The molecule has 0 N–H and O–H groups in total. The molecule has 1 aromatic carbocycles. The zero-order valence-corrected chi connectivity index (χ0v) is 11.9. The summed E-state index contributed by atoms with van der Waals surface area (Å²) in [6.45, 7) is 5.85. The molecule has 1 aromatic rings. The van der Waals surface area contributed by atoms with Crippen molar-refractivity contribution in [3.63, 3.8) is 0 Å². The number of hydrogen-bond acceptors (Lipinski definition) is 3. The number of hydrogen-bond donors (Lipinski definition) is 0. The van der Waals surface area contributed by atoms with Gasteiger partial charge in [-0.1, -0.05) is 26.8 Å². The fourth-order valence-electron chi connectivity index (χ4n) is 1.67. The van der Waals surface area contributed by atoms with Gasteiger partial charge in [-0.25, -0.2) is 0 Å². The summed E-state index contributed by atoms with van der Waals surface area (Å²) in [4.78, 5) is 11.9. The molecule has 3 heteroatoms. The zero-order chi connectivity index (χ0) is 13.8. The first kappa shape index (κ1) is 14.6. The minimum absolute atomic E-state index is 0.267. The van der Waals surface area contributed by atoms with Gasteiger partial charge >= 0.3 is 0 Å². The molecule has 0 heterocycles. The Labute approximate surface area is 109 Å². The minimum atomic E-state index is -0.267. The summed E-state index contributed by atoms with van der Waals surface area (Å²) in [5.41, 5.74) is 0.821. The van der Waals surface area contributed by atoms with Crippen molar-refractivity contribution in [3.05, 3.63) is 23.8 Å². The van der Waals surface area contributed by atoms with Gasteiger partial charge in [0.2, 0.25) is 0 Å². The highest BCUT2D eigenvalue weighted by atomic mass is 16.5. The van der Waals surface area contributed by atoms with E-state index in [1.54, 1.807) is 14.2 Å². The number of rotatable bonds is 5. The molecule has 0 unspecified atom stereocenters. The molecule has 18 heavy (non-hydrogen) atoms. The van der Waals surface area contributed by atoms with E-state index in [1.807, 2.05) is 39.0 Å². The summed E-state index contributed by atoms with van der Waals surface area (Å²) in [5.74, 6) is 1.69. The molecule has 1 rings (SSSR count). The van der Waals surface area contributed by atoms with Crippen molar-refractivity contribution in [1.29, 1.82) is 0 Å². The van der Waals surface area contributed by atoms with Crippen LogP contribution in [0.4, 0.5) is 0 Å². The summed E-state index contributed by atoms with van der Waals surface area (Å²) >= 11 is 0. The highest BCUT2D eigenvalue weighted by Gasteiger charge is 2.20. The van der Waals surface area contributed by atoms with Crippen molar-refractivity contribution >= 4 is 5.78 Å². The third kappa shape index (κ3) is 3.76. The molecular formula is C15H22O3. The lowest BCUT2D eigenvalue weighted by Gasteiger charge is -2.16. The Bertz CT molecular complexity index is 416. The van der Waals surface area contributed by atoms with Gasteiger partial charge in [-0.3, -0.25) is 4.79 Å². The van der Waals surface area contributed by atoms with Crippen molar-refractivity contribution < 1.29 is 14.3 Å². The fourth-order valence-corrected chi connectivity index (χ4v) is 1.67. The maximum Gasteiger partial charge on any atom is 0.160 e. The molecule has 0 saturated heterocycles. The van der Waals surface area contributed by atoms with E-state index >= 15 is 0 Å². The maximum absolute atomic E-state index is 11.9. The molecule has 0 radical (unpaired) electrons. The van der Waals surface area contributed by atoms with Crippen LogP contribution in [0, 0.1) is 5.41 Å². The maximum atomic E-state index is 11.9. The number of ether oxygens (including phenoxy) is 2. The summed E-state index contributed by atoms with van der Waals surface area (Å²) in [5, 5.41) is 0. The minimum Gasteiger partial charge on any atom is -0.493 e. The Kier molecular flexibility index (Phi) is 4.76. The Morgan fingerprint density at radius 1 is 1.11 bits per heavy atom. The van der Waals surface area contributed by atoms with Crippen LogP contribution in [0.5, 0.6) is 11.5 Å². The molecule has 0 bridgehead atoms. The number of carbonyl (C=O) groups is 1. The van der Waals surface area contributed by atoms with E-state index in [0.29, 0.717) is 17.9 Å². The Balaban J connectivity index is 2.72. The number of methoxy groups -OCH3 is 2. The molecular weight excluding hydrogens is 228 g/mol. The van der Waals surface area contributed by atoms with E-state index in [2.05, 4.69) is 0 Å². The van der Waals surface area contributed by atoms with Crippen LogP contribution in [-0.2, 0) is 11.2 Å². The lowest BCUT2D eigenvalue weighted by molar-refractivity contribution is -0.126. The van der Waals surface area contributed by atoms with Crippen molar-refractivity contribution in [3.8, 4) is 11.5 Å². The Morgan fingerprint density at radius 2 is 1.72 bits per heavy atom.